The predicted octanol–water partition coefficient (Wildman–Crippen LogP) is 1.98. The molecule has 3 rings (SSSR count). The van der Waals surface area contributed by atoms with Crippen LogP contribution in [0.1, 0.15) is 35.8 Å². The molecule has 1 aromatic carbocycles. The van der Waals surface area contributed by atoms with E-state index in [1.165, 1.54) is 12.2 Å². The van der Waals surface area contributed by atoms with Crippen molar-refractivity contribution in [2.45, 2.75) is 38.8 Å². The minimum atomic E-state index is -0.132. The second kappa shape index (κ2) is 8.16. The van der Waals surface area contributed by atoms with Gasteiger partial charge in [0, 0.05) is 44.4 Å². The van der Waals surface area contributed by atoms with E-state index in [4.69, 9.17) is 4.74 Å². The van der Waals surface area contributed by atoms with Crippen molar-refractivity contribution >= 4 is 5.91 Å². The summed E-state index contributed by atoms with van der Waals surface area (Å²) in [4.78, 5) is 16.1. The lowest BCUT2D eigenvalue weighted by molar-refractivity contribution is -0.122. The van der Waals surface area contributed by atoms with Gasteiger partial charge in [0.05, 0.1) is 5.69 Å². The van der Waals surface area contributed by atoms with Crippen LogP contribution in [-0.2, 0) is 17.9 Å². The highest BCUT2D eigenvalue weighted by Gasteiger charge is 2.22. The van der Waals surface area contributed by atoms with Gasteiger partial charge in [0.25, 0.3) is 5.91 Å². The average Bonchev–Trinajstić information content (AvgIpc) is 3.01. The number of ether oxygens (including phenoxy) is 1. The number of carbonyl (C=O) groups excluding carboxylic acids is 1. The number of imidazole rings is 1. The highest BCUT2D eigenvalue weighted by molar-refractivity contribution is 5.77. The summed E-state index contributed by atoms with van der Waals surface area (Å²) in [6, 6.07) is 7.83. The largest absolute Gasteiger partial charge is 0.483 e. The van der Waals surface area contributed by atoms with Gasteiger partial charge in [-0.2, -0.15) is 0 Å². The molecule has 2 heterocycles. The maximum Gasteiger partial charge on any atom is 0.257 e. The van der Waals surface area contributed by atoms with Crippen LogP contribution < -0.4 is 15.4 Å². The Kier molecular flexibility index (Phi) is 5.71. The molecule has 0 saturated carbocycles. The van der Waals surface area contributed by atoms with Gasteiger partial charge in [-0.1, -0.05) is 18.2 Å². The van der Waals surface area contributed by atoms with Crippen molar-refractivity contribution in [3.05, 3.63) is 47.5 Å². The van der Waals surface area contributed by atoms with Crippen LogP contribution in [0.15, 0.2) is 30.5 Å². The number of fused-ring (bicyclic) bond motifs is 1. The predicted molar refractivity (Wildman–Crippen MR) is 96.6 cm³/mol. The molecule has 0 unspecified atom stereocenters. The summed E-state index contributed by atoms with van der Waals surface area (Å²) in [5, 5.41) is 6.09. The normalized spacial score (nSPS) is 16.3. The van der Waals surface area contributed by atoms with Crippen molar-refractivity contribution in [2.75, 3.05) is 20.2 Å². The van der Waals surface area contributed by atoms with Crippen LogP contribution in [0.4, 0.5) is 0 Å². The number of rotatable bonds is 7. The third kappa shape index (κ3) is 4.39. The molecule has 0 spiro atoms. The zero-order valence-electron chi connectivity index (χ0n) is 14.9. The van der Waals surface area contributed by atoms with E-state index in [1.54, 1.807) is 7.05 Å². The Bertz CT molecular complexity index is 726. The van der Waals surface area contributed by atoms with Crippen LogP contribution in [-0.4, -0.2) is 35.7 Å². The van der Waals surface area contributed by atoms with Gasteiger partial charge in [-0.15, -0.1) is 0 Å². The molecule has 134 valence electrons. The van der Waals surface area contributed by atoms with Gasteiger partial charge < -0.3 is 19.9 Å². The van der Waals surface area contributed by atoms with Crippen molar-refractivity contribution in [2.24, 2.45) is 0 Å². The maximum absolute atomic E-state index is 11.4. The summed E-state index contributed by atoms with van der Waals surface area (Å²) in [6.07, 6.45) is 4.50. The number of nitrogens with one attached hydrogen (secondary N) is 2. The lowest BCUT2D eigenvalue weighted by atomic mass is 9.99. The molecule has 0 radical (unpaired) electrons. The first-order valence-electron chi connectivity index (χ1n) is 8.83. The molecule has 6 nitrogen and oxygen atoms in total. The zero-order chi connectivity index (χ0) is 17.6. The molecule has 1 atom stereocenters. The van der Waals surface area contributed by atoms with Crippen LogP contribution in [0.3, 0.4) is 0 Å². The van der Waals surface area contributed by atoms with Gasteiger partial charge in [0.1, 0.15) is 11.6 Å². The van der Waals surface area contributed by atoms with Gasteiger partial charge in [0.2, 0.25) is 0 Å². The Hall–Kier alpha value is -2.34. The van der Waals surface area contributed by atoms with E-state index in [9.17, 15) is 4.79 Å². The van der Waals surface area contributed by atoms with Crippen LogP contribution in [0.2, 0.25) is 0 Å². The summed E-state index contributed by atoms with van der Waals surface area (Å²) >= 11 is 0. The molecule has 6 heteroatoms. The van der Waals surface area contributed by atoms with Crippen LogP contribution >= 0.6 is 0 Å². The summed E-state index contributed by atoms with van der Waals surface area (Å²) in [6.45, 7) is 4.76. The molecule has 0 fully saturated rings. The van der Waals surface area contributed by atoms with Crippen LogP contribution in [0.5, 0.6) is 5.75 Å². The van der Waals surface area contributed by atoms with E-state index >= 15 is 0 Å². The molecule has 0 bridgehead atoms. The Morgan fingerprint density at radius 3 is 3.08 bits per heavy atom. The molecule has 25 heavy (non-hydrogen) atoms. The third-order valence-electron chi connectivity index (χ3n) is 4.56. The van der Waals surface area contributed by atoms with E-state index < -0.39 is 0 Å². The lowest BCUT2D eigenvalue weighted by Crippen LogP contribution is -2.27. The minimum Gasteiger partial charge on any atom is -0.483 e. The highest BCUT2D eigenvalue weighted by Crippen LogP contribution is 2.26. The lowest BCUT2D eigenvalue weighted by Gasteiger charge is -2.23. The zero-order valence-corrected chi connectivity index (χ0v) is 14.9. The number of hydrogen-bond acceptors (Lipinski definition) is 4. The summed E-state index contributed by atoms with van der Waals surface area (Å²) in [5.41, 5.74) is 2.15. The summed E-state index contributed by atoms with van der Waals surface area (Å²) in [7, 11) is 1.61. The Balaban J connectivity index is 1.57. The smallest absolute Gasteiger partial charge is 0.257 e. The molecular weight excluding hydrogens is 316 g/mol. The Labute approximate surface area is 148 Å². The third-order valence-corrected chi connectivity index (χ3v) is 4.56. The first-order chi connectivity index (χ1) is 12.2. The molecule has 2 N–H and O–H groups in total. The number of para-hydroxylation sites is 1. The standard InChI is InChI=1S/C19H26N4O2/c1-14-12-23-9-5-7-16(19(23)22-14)11-21-10-15-6-3-4-8-17(15)25-13-18(24)20-2/h3-4,6,8,12,16,21H,5,7,9-11,13H2,1-2H3,(H,20,24)/t16-/m1/s1. The maximum atomic E-state index is 11.4. The molecule has 1 aromatic heterocycles. The van der Waals surface area contributed by atoms with Crippen LogP contribution in [0.25, 0.3) is 0 Å². The number of nitrogens with zero attached hydrogens (tertiary/aromatic N) is 2. The van der Waals surface area contributed by atoms with Gasteiger partial charge in [-0.25, -0.2) is 4.98 Å². The van der Waals surface area contributed by atoms with Crippen molar-refractivity contribution in [3.8, 4) is 5.75 Å². The molecule has 1 amide bonds. The Morgan fingerprint density at radius 1 is 1.40 bits per heavy atom. The highest BCUT2D eigenvalue weighted by atomic mass is 16.5. The first kappa shape index (κ1) is 17.5. The van der Waals surface area contributed by atoms with Crippen molar-refractivity contribution in [1.29, 1.82) is 0 Å². The minimum absolute atomic E-state index is 0.0346. The summed E-state index contributed by atoms with van der Waals surface area (Å²) < 4.78 is 7.91. The number of hydrogen-bond donors (Lipinski definition) is 2. The Morgan fingerprint density at radius 2 is 2.24 bits per heavy atom. The topological polar surface area (TPSA) is 68.2 Å². The van der Waals surface area contributed by atoms with Gasteiger partial charge in [0.15, 0.2) is 6.61 Å². The van der Waals surface area contributed by atoms with Crippen molar-refractivity contribution in [1.82, 2.24) is 20.2 Å². The fourth-order valence-electron chi connectivity index (χ4n) is 3.29. The van der Waals surface area contributed by atoms with Crippen LogP contribution in [0, 0.1) is 6.92 Å². The molecular formula is C19H26N4O2. The summed E-state index contributed by atoms with van der Waals surface area (Å²) in [5.74, 6) is 2.26. The van der Waals surface area contributed by atoms with E-state index in [1.807, 2.05) is 24.3 Å². The fourth-order valence-corrected chi connectivity index (χ4v) is 3.29. The monoisotopic (exact) mass is 342 g/mol. The van der Waals surface area contributed by atoms with Gasteiger partial charge >= 0.3 is 0 Å². The number of aryl methyl sites for hydroxylation is 2. The fraction of sp³-hybridized carbons (Fsp3) is 0.474. The SMILES string of the molecule is CNC(=O)COc1ccccc1CNC[C@H]1CCCn2cc(C)nc21. The van der Waals surface area contributed by atoms with Gasteiger partial charge in [-0.3, -0.25) is 4.79 Å². The second-order valence-corrected chi connectivity index (χ2v) is 6.47. The number of carbonyl (C=O) groups is 1. The van der Waals surface area contributed by atoms with E-state index in [-0.39, 0.29) is 12.5 Å². The quantitative estimate of drug-likeness (QED) is 0.807. The van der Waals surface area contributed by atoms with E-state index in [0.717, 1.165) is 36.5 Å². The molecule has 1 aliphatic heterocycles. The first-order valence-corrected chi connectivity index (χ1v) is 8.83. The van der Waals surface area contributed by atoms with E-state index in [0.29, 0.717) is 12.5 Å². The van der Waals surface area contributed by atoms with E-state index in [2.05, 4.69) is 33.3 Å². The molecule has 2 aromatic rings. The van der Waals surface area contributed by atoms with Crippen molar-refractivity contribution in [3.63, 3.8) is 0 Å². The average molecular weight is 342 g/mol. The van der Waals surface area contributed by atoms with Crippen molar-refractivity contribution < 1.29 is 9.53 Å². The number of amides is 1. The second-order valence-electron chi connectivity index (χ2n) is 6.47. The number of likely N-dealkylation sites (N-methyl/N-ethyl adjacent to an activating group) is 1. The number of benzene rings is 1. The number of aromatic nitrogens is 2. The molecule has 0 saturated heterocycles. The molecule has 0 aliphatic carbocycles. The molecule has 1 aliphatic rings. The van der Waals surface area contributed by atoms with Gasteiger partial charge in [-0.05, 0) is 25.8 Å².